The first-order valence-corrected chi connectivity index (χ1v) is 10.9. The van der Waals surface area contributed by atoms with Crippen molar-refractivity contribution in [1.82, 2.24) is 5.32 Å². The summed E-state index contributed by atoms with van der Waals surface area (Å²) in [5.74, 6) is 2.47. The summed E-state index contributed by atoms with van der Waals surface area (Å²) in [6, 6.07) is 5.46. The van der Waals surface area contributed by atoms with Crippen molar-refractivity contribution >= 4 is 18.0 Å². The highest BCUT2D eigenvalue weighted by atomic mass is 16.6. The van der Waals surface area contributed by atoms with Crippen LogP contribution in [0.2, 0.25) is 0 Å². The lowest BCUT2D eigenvalue weighted by atomic mass is 9.53. The van der Waals surface area contributed by atoms with Crippen molar-refractivity contribution in [2.45, 2.75) is 51.0 Å². The monoisotopic (exact) mass is 413 g/mol. The predicted octanol–water partition coefficient (Wildman–Crippen LogP) is 3.74. The predicted molar refractivity (Wildman–Crippen MR) is 113 cm³/mol. The van der Waals surface area contributed by atoms with Crippen molar-refractivity contribution in [2.24, 2.45) is 17.8 Å². The number of nitrogens with one attached hydrogen (secondary N) is 1. The number of ether oxygens (including phenoxy) is 3. The summed E-state index contributed by atoms with van der Waals surface area (Å²) >= 11 is 0. The van der Waals surface area contributed by atoms with Crippen LogP contribution in [0.15, 0.2) is 24.3 Å². The van der Waals surface area contributed by atoms with E-state index in [1.165, 1.54) is 19.3 Å². The molecule has 0 saturated heterocycles. The Morgan fingerprint density at radius 1 is 1.07 bits per heavy atom. The summed E-state index contributed by atoms with van der Waals surface area (Å²) in [5, 5.41) is 3.21. The number of esters is 1. The standard InChI is InChI=1S/C24H31NO5/c1-3-4-16-5-6-20(21(10-16)28-2)29-15-23(27)30-14-22(26)25-24-11-17-7-18(12-24)9-19(8-17)13-24/h3-6,10,17-19H,7-9,11-15H2,1-2H3,(H,25,26)/b4-3+. The van der Waals surface area contributed by atoms with Gasteiger partial charge in [-0.2, -0.15) is 0 Å². The zero-order valence-corrected chi connectivity index (χ0v) is 17.8. The van der Waals surface area contributed by atoms with E-state index in [2.05, 4.69) is 5.32 Å². The second kappa shape index (κ2) is 8.70. The Morgan fingerprint density at radius 3 is 2.33 bits per heavy atom. The normalized spacial score (nSPS) is 29.1. The van der Waals surface area contributed by atoms with Crippen LogP contribution >= 0.6 is 0 Å². The molecule has 4 aliphatic rings. The first kappa shape index (κ1) is 20.8. The summed E-state index contributed by atoms with van der Waals surface area (Å²) < 4.78 is 16.0. The number of methoxy groups -OCH3 is 1. The van der Waals surface area contributed by atoms with E-state index in [1.807, 2.05) is 31.2 Å². The molecule has 0 aromatic heterocycles. The van der Waals surface area contributed by atoms with Crippen LogP contribution in [0.4, 0.5) is 0 Å². The SMILES string of the molecule is C/C=C/c1ccc(OCC(=O)OCC(=O)NC23CC4CC(CC(C4)C2)C3)c(OC)c1. The van der Waals surface area contributed by atoms with E-state index < -0.39 is 5.97 Å². The van der Waals surface area contributed by atoms with Gasteiger partial charge in [0.05, 0.1) is 7.11 Å². The van der Waals surface area contributed by atoms with E-state index in [0.717, 1.165) is 42.6 Å². The molecule has 1 aromatic carbocycles. The smallest absolute Gasteiger partial charge is 0.344 e. The van der Waals surface area contributed by atoms with Gasteiger partial charge in [0.1, 0.15) is 0 Å². The molecule has 0 heterocycles. The van der Waals surface area contributed by atoms with E-state index in [9.17, 15) is 9.59 Å². The number of rotatable bonds is 8. The van der Waals surface area contributed by atoms with Crippen LogP contribution in [0.1, 0.15) is 51.0 Å². The second-order valence-electron chi connectivity index (χ2n) is 9.11. The molecular weight excluding hydrogens is 382 g/mol. The Labute approximate surface area is 178 Å². The maximum absolute atomic E-state index is 12.5. The topological polar surface area (TPSA) is 73.9 Å². The minimum atomic E-state index is -0.574. The fourth-order valence-corrected chi connectivity index (χ4v) is 6.02. The minimum absolute atomic E-state index is 0.0726. The fraction of sp³-hybridized carbons (Fsp3) is 0.583. The van der Waals surface area contributed by atoms with Gasteiger partial charge in [-0.25, -0.2) is 4.79 Å². The zero-order valence-electron chi connectivity index (χ0n) is 17.8. The highest BCUT2D eigenvalue weighted by molar-refractivity contribution is 5.81. The molecule has 30 heavy (non-hydrogen) atoms. The summed E-state index contributed by atoms with van der Waals surface area (Å²) in [6.45, 7) is 1.40. The Balaban J connectivity index is 1.24. The van der Waals surface area contributed by atoms with Gasteiger partial charge in [0.15, 0.2) is 24.7 Å². The second-order valence-corrected chi connectivity index (χ2v) is 9.11. The summed E-state index contributed by atoms with van der Waals surface area (Å²) in [5.41, 5.74) is 0.905. The lowest BCUT2D eigenvalue weighted by molar-refractivity contribution is -0.151. The van der Waals surface area contributed by atoms with Gasteiger partial charge in [-0.05, 0) is 80.9 Å². The van der Waals surface area contributed by atoms with Crippen LogP contribution in [0, 0.1) is 17.8 Å². The molecule has 4 fully saturated rings. The number of hydrogen-bond acceptors (Lipinski definition) is 5. The fourth-order valence-electron chi connectivity index (χ4n) is 6.02. The van der Waals surface area contributed by atoms with Crippen LogP contribution in [-0.4, -0.2) is 37.7 Å². The van der Waals surface area contributed by atoms with Crippen LogP contribution in [0.3, 0.4) is 0 Å². The highest BCUT2D eigenvalue weighted by Gasteiger charge is 2.51. The van der Waals surface area contributed by atoms with E-state index in [4.69, 9.17) is 14.2 Å². The first-order valence-electron chi connectivity index (χ1n) is 10.9. The quantitative estimate of drug-likeness (QED) is 0.658. The third-order valence-corrected chi connectivity index (χ3v) is 6.70. The van der Waals surface area contributed by atoms with Gasteiger partial charge < -0.3 is 19.5 Å². The van der Waals surface area contributed by atoms with Crippen LogP contribution in [-0.2, 0) is 14.3 Å². The van der Waals surface area contributed by atoms with Crippen LogP contribution < -0.4 is 14.8 Å². The van der Waals surface area contributed by atoms with E-state index in [1.54, 1.807) is 13.2 Å². The van der Waals surface area contributed by atoms with Gasteiger partial charge in [-0.3, -0.25) is 4.79 Å². The van der Waals surface area contributed by atoms with Crippen molar-refractivity contribution in [3.63, 3.8) is 0 Å². The Bertz CT molecular complexity index is 796. The molecule has 4 aliphatic carbocycles. The van der Waals surface area contributed by atoms with Gasteiger partial charge in [-0.1, -0.05) is 18.2 Å². The van der Waals surface area contributed by atoms with E-state index >= 15 is 0 Å². The molecule has 1 aromatic rings. The molecule has 6 nitrogen and oxygen atoms in total. The number of allylic oxidation sites excluding steroid dienone is 1. The third-order valence-electron chi connectivity index (χ3n) is 6.70. The number of carbonyl (C=O) groups excluding carboxylic acids is 2. The van der Waals surface area contributed by atoms with Crippen LogP contribution in [0.25, 0.3) is 6.08 Å². The maximum atomic E-state index is 12.5. The number of benzene rings is 1. The van der Waals surface area contributed by atoms with Gasteiger partial charge in [0.25, 0.3) is 5.91 Å². The lowest BCUT2D eigenvalue weighted by Crippen LogP contribution is -2.60. The molecule has 4 bridgehead atoms. The molecule has 0 atom stereocenters. The van der Waals surface area contributed by atoms with Crippen molar-refractivity contribution < 1.29 is 23.8 Å². The van der Waals surface area contributed by atoms with Gasteiger partial charge in [-0.15, -0.1) is 0 Å². The average Bonchev–Trinajstić information content (AvgIpc) is 2.70. The van der Waals surface area contributed by atoms with Gasteiger partial charge in [0.2, 0.25) is 0 Å². The van der Waals surface area contributed by atoms with E-state index in [0.29, 0.717) is 11.5 Å². The van der Waals surface area contributed by atoms with Gasteiger partial charge in [0, 0.05) is 5.54 Å². The Kier molecular flexibility index (Phi) is 6.02. The third kappa shape index (κ3) is 4.63. The number of carbonyl (C=O) groups is 2. The molecule has 0 spiro atoms. The molecule has 5 rings (SSSR count). The zero-order chi connectivity index (χ0) is 21.1. The van der Waals surface area contributed by atoms with Gasteiger partial charge >= 0.3 is 5.97 Å². The highest BCUT2D eigenvalue weighted by Crippen LogP contribution is 2.55. The molecule has 0 aliphatic heterocycles. The molecule has 0 unspecified atom stereocenters. The van der Waals surface area contributed by atoms with Crippen LogP contribution in [0.5, 0.6) is 11.5 Å². The minimum Gasteiger partial charge on any atom is -0.493 e. The van der Waals surface area contributed by atoms with Crippen molar-refractivity contribution in [3.05, 3.63) is 29.8 Å². The molecule has 4 saturated carbocycles. The summed E-state index contributed by atoms with van der Waals surface area (Å²) in [4.78, 5) is 24.5. The Morgan fingerprint density at radius 2 is 1.73 bits per heavy atom. The summed E-state index contributed by atoms with van der Waals surface area (Å²) in [6.07, 6.45) is 11.1. The molecule has 0 radical (unpaired) electrons. The Hall–Kier alpha value is -2.50. The van der Waals surface area contributed by atoms with Crippen molar-refractivity contribution in [1.29, 1.82) is 0 Å². The molecule has 1 amide bonds. The lowest BCUT2D eigenvalue weighted by Gasteiger charge is -2.56. The average molecular weight is 414 g/mol. The summed E-state index contributed by atoms with van der Waals surface area (Å²) in [7, 11) is 1.55. The number of amides is 1. The first-order chi connectivity index (χ1) is 14.5. The molecule has 1 N–H and O–H groups in total. The largest absolute Gasteiger partial charge is 0.493 e. The molecule has 162 valence electrons. The number of hydrogen-bond donors (Lipinski definition) is 1. The van der Waals surface area contributed by atoms with Crippen molar-refractivity contribution in [3.8, 4) is 11.5 Å². The maximum Gasteiger partial charge on any atom is 0.344 e. The van der Waals surface area contributed by atoms with Crippen molar-refractivity contribution in [2.75, 3.05) is 20.3 Å². The molecular formula is C24H31NO5. The van der Waals surface area contributed by atoms with E-state index in [-0.39, 0.29) is 24.7 Å². The molecule has 6 heteroatoms.